The molecule has 21 heavy (non-hydrogen) atoms. The van der Waals surface area contributed by atoms with Gasteiger partial charge in [0, 0.05) is 5.56 Å². The molecule has 0 amide bonds. The molecule has 0 aliphatic carbocycles. The summed E-state index contributed by atoms with van der Waals surface area (Å²) in [5.74, 6) is 0.758. The van der Waals surface area contributed by atoms with Gasteiger partial charge in [0.1, 0.15) is 22.3 Å². The molecule has 0 saturated heterocycles. The van der Waals surface area contributed by atoms with Crippen LogP contribution < -0.4 is 9.47 Å². The maximum Gasteiger partial charge on any atom is 0.145 e. The van der Waals surface area contributed by atoms with Crippen LogP contribution in [0.25, 0.3) is 0 Å². The Morgan fingerprint density at radius 3 is 2.43 bits per heavy atom. The first-order chi connectivity index (χ1) is 9.99. The summed E-state index contributed by atoms with van der Waals surface area (Å²) in [7, 11) is 3.09. The van der Waals surface area contributed by atoms with Crippen LogP contribution >= 0.6 is 43.5 Å². The molecule has 2 rings (SSSR count). The average molecular weight is 439 g/mol. The smallest absolute Gasteiger partial charge is 0.145 e. The van der Waals surface area contributed by atoms with Crippen molar-refractivity contribution in [3.63, 3.8) is 0 Å². The van der Waals surface area contributed by atoms with Gasteiger partial charge < -0.3 is 9.47 Å². The highest BCUT2D eigenvalue weighted by Gasteiger charge is 2.20. The summed E-state index contributed by atoms with van der Waals surface area (Å²) < 4.78 is 24.3. The fourth-order valence-corrected chi connectivity index (χ4v) is 3.34. The average Bonchev–Trinajstić information content (AvgIpc) is 2.49. The number of benzene rings is 2. The summed E-state index contributed by atoms with van der Waals surface area (Å²) in [5, 5.41) is 0.406. The molecule has 0 saturated carbocycles. The van der Waals surface area contributed by atoms with Gasteiger partial charge in [-0.3, -0.25) is 0 Å². The molecule has 0 bridgehead atoms. The van der Waals surface area contributed by atoms with Gasteiger partial charge in [0.25, 0.3) is 0 Å². The van der Waals surface area contributed by atoms with Crippen molar-refractivity contribution in [2.45, 2.75) is 4.83 Å². The van der Waals surface area contributed by atoms with Crippen LogP contribution in [-0.2, 0) is 0 Å². The third-order valence-corrected chi connectivity index (χ3v) is 5.01. The number of methoxy groups -OCH3 is 2. The molecule has 0 aromatic heterocycles. The molecule has 0 N–H and O–H groups in total. The quantitative estimate of drug-likeness (QED) is 0.567. The Morgan fingerprint density at radius 2 is 1.86 bits per heavy atom. The molecule has 1 unspecified atom stereocenters. The topological polar surface area (TPSA) is 18.5 Å². The van der Waals surface area contributed by atoms with Crippen LogP contribution in [0.3, 0.4) is 0 Å². The van der Waals surface area contributed by atoms with E-state index < -0.39 is 0 Å². The van der Waals surface area contributed by atoms with Crippen molar-refractivity contribution in [3.05, 3.63) is 56.8 Å². The molecule has 2 aromatic rings. The van der Waals surface area contributed by atoms with E-state index in [9.17, 15) is 4.39 Å². The second-order valence-electron chi connectivity index (χ2n) is 4.24. The van der Waals surface area contributed by atoms with Crippen LogP contribution in [0.2, 0.25) is 5.02 Å². The highest BCUT2D eigenvalue weighted by atomic mass is 79.9. The number of rotatable bonds is 4. The Hall–Kier alpha value is -0.780. The van der Waals surface area contributed by atoms with Gasteiger partial charge in [0.2, 0.25) is 0 Å². The molecule has 1 atom stereocenters. The van der Waals surface area contributed by atoms with E-state index >= 15 is 0 Å². The van der Waals surface area contributed by atoms with Crippen molar-refractivity contribution < 1.29 is 13.9 Å². The van der Waals surface area contributed by atoms with Gasteiger partial charge in [0.05, 0.1) is 23.5 Å². The molecular formula is C15H12Br2ClFO2. The summed E-state index contributed by atoms with van der Waals surface area (Å²) in [6.45, 7) is 0. The number of alkyl halides is 1. The lowest BCUT2D eigenvalue weighted by molar-refractivity contribution is 0.392. The molecule has 0 spiro atoms. The van der Waals surface area contributed by atoms with Crippen LogP contribution in [0.5, 0.6) is 11.5 Å². The number of hydrogen-bond donors (Lipinski definition) is 0. The van der Waals surface area contributed by atoms with E-state index in [2.05, 4.69) is 31.9 Å². The van der Waals surface area contributed by atoms with Crippen molar-refractivity contribution >= 4 is 43.5 Å². The lowest BCUT2D eigenvalue weighted by Crippen LogP contribution is -1.99. The Balaban J connectivity index is 2.50. The minimum Gasteiger partial charge on any atom is -0.495 e. The van der Waals surface area contributed by atoms with E-state index in [0.717, 1.165) is 11.1 Å². The Bertz CT molecular complexity index is 664. The lowest BCUT2D eigenvalue weighted by atomic mass is 10.0. The van der Waals surface area contributed by atoms with E-state index in [4.69, 9.17) is 21.1 Å². The van der Waals surface area contributed by atoms with E-state index in [0.29, 0.717) is 21.0 Å². The first-order valence-electron chi connectivity index (χ1n) is 5.99. The summed E-state index contributed by atoms with van der Waals surface area (Å²) in [4.78, 5) is -0.187. The SMILES string of the molecule is COc1ccc(C(Br)c2ccc(F)c(Br)c2)c(OC)c1Cl. The van der Waals surface area contributed by atoms with E-state index in [-0.39, 0.29) is 10.6 Å². The summed E-state index contributed by atoms with van der Waals surface area (Å²) >= 11 is 13.1. The zero-order valence-corrected chi connectivity index (χ0v) is 15.2. The van der Waals surface area contributed by atoms with Gasteiger partial charge in [-0.2, -0.15) is 0 Å². The Morgan fingerprint density at radius 1 is 1.14 bits per heavy atom. The minimum atomic E-state index is -0.307. The van der Waals surface area contributed by atoms with Crippen LogP contribution in [0, 0.1) is 5.82 Å². The van der Waals surface area contributed by atoms with Gasteiger partial charge in [-0.05, 0) is 39.7 Å². The number of hydrogen-bond acceptors (Lipinski definition) is 2. The van der Waals surface area contributed by atoms with Gasteiger partial charge in [-0.1, -0.05) is 39.7 Å². The highest BCUT2D eigenvalue weighted by Crippen LogP contribution is 2.44. The Labute approximate surface area is 144 Å². The van der Waals surface area contributed by atoms with Crippen molar-refractivity contribution in [2.75, 3.05) is 14.2 Å². The molecule has 0 aliphatic heterocycles. The maximum absolute atomic E-state index is 13.3. The van der Waals surface area contributed by atoms with Crippen LogP contribution in [0.15, 0.2) is 34.8 Å². The second-order valence-corrected chi connectivity index (χ2v) is 6.39. The summed E-state index contributed by atoms with van der Waals surface area (Å²) in [6.07, 6.45) is 0. The van der Waals surface area contributed by atoms with Crippen molar-refractivity contribution in [3.8, 4) is 11.5 Å². The molecule has 112 valence electrons. The first-order valence-corrected chi connectivity index (χ1v) is 8.07. The second kappa shape index (κ2) is 6.99. The van der Waals surface area contributed by atoms with E-state index in [1.807, 2.05) is 6.07 Å². The zero-order valence-electron chi connectivity index (χ0n) is 11.3. The minimum absolute atomic E-state index is 0.187. The van der Waals surface area contributed by atoms with Crippen LogP contribution in [-0.4, -0.2) is 14.2 Å². The number of ether oxygens (including phenoxy) is 2. The van der Waals surface area contributed by atoms with Gasteiger partial charge in [-0.15, -0.1) is 0 Å². The Kier molecular flexibility index (Phi) is 5.52. The molecule has 0 aliphatic rings. The van der Waals surface area contributed by atoms with Crippen molar-refractivity contribution in [2.24, 2.45) is 0 Å². The van der Waals surface area contributed by atoms with Gasteiger partial charge in [0.15, 0.2) is 0 Å². The largest absolute Gasteiger partial charge is 0.495 e. The van der Waals surface area contributed by atoms with Gasteiger partial charge in [-0.25, -0.2) is 4.39 Å². The predicted octanol–water partition coefficient (Wildman–Crippen LogP) is 5.74. The standard InChI is InChI=1S/C15H12Br2ClFO2/c1-20-12-6-4-9(15(21-2)14(12)18)13(17)8-3-5-11(19)10(16)7-8/h3-7,13H,1-2H3. The molecule has 0 heterocycles. The molecular weight excluding hydrogens is 426 g/mol. The molecule has 2 nitrogen and oxygen atoms in total. The zero-order chi connectivity index (χ0) is 15.6. The molecule has 6 heteroatoms. The normalized spacial score (nSPS) is 12.1. The molecule has 0 fully saturated rings. The first kappa shape index (κ1) is 16.6. The summed E-state index contributed by atoms with van der Waals surface area (Å²) in [5.41, 5.74) is 1.71. The summed E-state index contributed by atoms with van der Waals surface area (Å²) in [6, 6.07) is 8.46. The monoisotopic (exact) mass is 436 g/mol. The lowest BCUT2D eigenvalue weighted by Gasteiger charge is -2.17. The number of halogens is 4. The predicted molar refractivity (Wildman–Crippen MR) is 89.4 cm³/mol. The van der Waals surface area contributed by atoms with Gasteiger partial charge >= 0.3 is 0 Å². The van der Waals surface area contributed by atoms with Crippen molar-refractivity contribution in [1.82, 2.24) is 0 Å². The third-order valence-electron chi connectivity index (χ3n) is 3.03. The van der Waals surface area contributed by atoms with Crippen LogP contribution in [0.1, 0.15) is 16.0 Å². The fourth-order valence-electron chi connectivity index (χ4n) is 1.97. The van der Waals surface area contributed by atoms with Crippen LogP contribution in [0.4, 0.5) is 4.39 Å². The molecule has 0 radical (unpaired) electrons. The fraction of sp³-hybridized carbons (Fsp3) is 0.200. The highest BCUT2D eigenvalue weighted by molar-refractivity contribution is 9.10. The maximum atomic E-state index is 13.3. The van der Waals surface area contributed by atoms with Crippen molar-refractivity contribution in [1.29, 1.82) is 0 Å². The molecule has 2 aromatic carbocycles. The third kappa shape index (κ3) is 3.35. The van der Waals surface area contributed by atoms with E-state index in [1.165, 1.54) is 6.07 Å². The van der Waals surface area contributed by atoms with E-state index in [1.54, 1.807) is 32.4 Å².